The van der Waals surface area contributed by atoms with Crippen molar-refractivity contribution < 1.29 is 9.53 Å². The summed E-state index contributed by atoms with van der Waals surface area (Å²) < 4.78 is 5.16. The molecule has 0 radical (unpaired) electrons. The second kappa shape index (κ2) is 5.65. The van der Waals surface area contributed by atoms with Gasteiger partial charge in [0.15, 0.2) is 5.78 Å². The Morgan fingerprint density at radius 1 is 1.16 bits per heavy atom. The molecule has 0 unspecified atom stereocenters. The number of pyridine rings is 1. The normalized spacial score (nSPS) is 10.3. The standard InChI is InChI=1S/C16H17NO2/c1-11-7-14(8-12(2)17-11)16(18)10-13-5-4-6-15(9-13)19-3/h4-9H,10H2,1-3H3. The van der Waals surface area contributed by atoms with Gasteiger partial charge in [0.2, 0.25) is 0 Å². The predicted octanol–water partition coefficient (Wildman–Crippen LogP) is 3.13. The molecule has 0 fully saturated rings. The van der Waals surface area contributed by atoms with E-state index in [1.165, 1.54) is 0 Å². The van der Waals surface area contributed by atoms with E-state index in [0.29, 0.717) is 12.0 Å². The number of hydrogen-bond donors (Lipinski definition) is 0. The van der Waals surface area contributed by atoms with Crippen molar-refractivity contribution in [2.75, 3.05) is 7.11 Å². The number of hydrogen-bond acceptors (Lipinski definition) is 3. The van der Waals surface area contributed by atoms with E-state index < -0.39 is 0 Å². The molecule has 0 N–H and O–H groups in total. The van der Waals surface area contributed by atoms with Crippen molar-refractivity contribution in [2.24, 2.45) is 0 Å². The molecule has 0 aliphatic heterocycles. The Morgan fingerprint density at radius 3 is 2.47 bits per heavy atom. The second-order valence-corrected chi connectivity index (χ2v) is 4.59. The Balaban J connectivity index is 2.20. The van der Waals surface area contributed by atoms with Crippen LogP contribution in [0.1, 0.15) is 27.3 Å². The number of carbonyl (C=O) groups is 1. The predicted molar refractivity (Wildman–Crippen MR) is 74.7 cm³/mol. The molecule has 19 heavy (non-hydrogen) atoms. The second-order valence-electron chi connectivity index (χ2n) is 4.59. The first-order valence-electron chi connectivity index (χ1n) is 6.20. The fourth-order valence-electron chi connectivity index (χ4n) is 2.07. The maximum Gasteiger partial charge on any atom is 0.167 e. The quantitative estimate of drug-likeness (QED) is 0.788. The monoisotopic (exact) mass is 255 g/mol. The fraction of sp³-hybridized carbons (Fsp3) is 0.250. The molecule has 98 valence electrons. The van der Waals surface area contributed by atoms with Crippen LogP contribution in [0.3, 0.4) is 0 Å². The highest BCUT2D eigenvalue weighted by Crippen LogP contribution is 2.15. The molecule has 1 heterocycles. The van der Waals surface area contributed by atoms with E-state index in [1.54, 1.807) is 7.11 Å². The lowest BCUT2D eigenvalue weighted by Gasteiger charge is -2.06. The number of carbonyl (C=O) groups excluding carboxylic acids is 1. The molecule has 0 amide bonds. The minimum atomic E-state index is 0.0989. The van der Waals surface area contributed by atoms with E-state index in [1.807, 2.05) is 50.2 Å². The van der Waals surface area contributed by atoms with Crippen molar-refractivity contribution in [3.63, 3.8) is 0 Å². The lowest BCUT2D eigenvalue weighted by atomic mass is 10.0. The summed E-state index contributed by atoms with van der Waals surface area (Å²) in [6, 6.07) is 11.2. The molecule has 0 saturated carbocycles. The van der Waals surface area contributed by atoms with Gasteiger partial charge in [0.05, 0.1) is 7.11 Å². The van der Waals surface area contributed by atoms with E-state index >= 15 is 0 Å². The molecular weight excluding hydrogens is 238 g/mol. The molecule has 0 spiro atoms. The number of nitrogens with zero attached hydrogens (tertiary/aromatic N) is 1. The summed E-state index contributed by atoms with van der Waals surface area (Å²) in [7, 11) is 1.62. The van der Waals surface area contributed by atoms with Crippen LogP contribution < -0.4 is 4.74 Å². The van der Waals surface area contributed by atoms with Gasteiger partial charge in [-0.25, -0.2) is 0 Å². The summed E-state index contributed by atoms with van der Waals surface area (Å²) in [5.74, 6) is 0.870. The Bertz CT molecular complexity index is 585. The average molecular weight is 255 g/mol. The smallest absolute Gasteiger partial charge is 0.167 e. The van der Waals surface area contributed by atoms with Crippen molar-refractivity contribution in [1.82, 2.24) is 4.98 Å². The van der Waals surface area contributed by atoms with Crippen molar-refractivity contribution in [3.8, 4) is 5.75 Å². The van der Waals surface area contributed by atoms with E-state index in [0.717, 1.165) is 22.7 Å². The maximum atomic E-state index is 12.2. The van der Waals surface area contributed by atoms with Gasteiger partial charge < -0.3 is 4.74 Å². The molecule has 2 rings (SSSR count). The zero-order valence-electron chi connectivity index (χ0n) is 11.4. The number of benzene rings is 1. The molecule has 0 aliphatic rings. The molecular formula is C16H17NO2. The topological polar surface area (TPSA) is 39.2 Å². The first-order chi connectivity index (χ1) is 9.08. The first kappa shape index (κ1) is 13.3. The highest BCUT2D eigenvalue weighted by molar-refractivity contribution is 5.97. The number of Topliss-reactive ketones (excluding diaryl/α,β-unsaturated/α-hetero) is 1. The average Bonchev–Trinajstić information content (AvgIpc) is 2.37. The van der Waals surface area contributed by atoms with Gasteiger partial charge in [-0.1, -0.05) is 12.1 Å². The van der Waals surface area contributed by atoms with Crippen molar-refractivity contribution >= 4 is 5.78 Å². The summed E-state index contributed by atoms with van der Waals surface area (Å²) >= 11 is 0. The van der Waals surface area contributed by atoms with Crippen LogP contribution in [-0.4, -0.2) is 17.9 Å². The number of ketones is 1. The van der Waals surface area contributed by atoms with Crippen LogP contribution in [0.15, 0.2) is 36.4 Å². The summed E-state index contributed by atoms with van der Waals surface area (Å²) in [6.45, 7) is 3.80. The van der Waals surface area contributed by atoms with Crippen LogP contribution in [0.2, 0.25) is 0 Å². The van der Waals surface area contributed by atoms with E-state index in [-0.39, 0.29) is 5.78 Å². The summed E-state index contributed by atoms with van der Waals surface area (Å²) in [5.41, 5.74) is 3.41. The van der Waals surface area contributed by atoms with Gasteiger partial charge in [-0.2, -0.15) is 0 Å². The number of ether oxygens (including phenoxy) is 1. The van der Waals surface area contributed by atoms with Gasteiger partial charge in [-0.3, -0.25) is 9.78 Å². The summed E-state index contributed by atoms with van der Waals surface area (Å²) in [6.07, 6.45) is 0.375. The largest absolute Gasteiger partial charge is 0.497 e. The fourth-order valence-corrected chi connectivity index (χ4v) is 2.07. The zero-order chi connectivity index (χ0) is 13.8. The molecule has 1 aromatic carbocycles. The van der Waals surface area contributed by atoms with E-state index in [4.69, 9.17) is 4.74 Å². The third kappa shape index (κ3) is 3.41. The third-order valence-electron chi connectivity index (χ3n) is 2.90. The molecule has 0 aliphatic carbocycles. The lowest BCUT2D eigenvalue weighted by Crippen LogP contribution is -2.05. The van der Waals surface area contributed by atoms with E-state index in [9.17, 15) is 4.79 Å². The van der Waals surface area contributed by atoms with Gasteiger partial charge >= 0.3 is 0 Å². The van der Waals surface area contributed by atoms with Crippen molar-refractivity contribution in [2.45, 2.75) is 20.3 Å². The Hall–Kier alpha value is -2.16. The molecule has 2 aromatic rings. The van der Waals surface area contributed by atoms with Crippen molar-refractivity contribution in [1.29, 1.82) is 0 Å². The SMILES string of the molecule is COc1cccc(CC(=O)c2cc(C)nc(C)c2)c1. The van der Waals surface area contributed by atoms with Gasteiger partial charge in [0.25, 0.3) is 0 Å². The van der Waals surface area contributed by atoms with Crippen molar-refractivity contribution in [3.05, 3.63) is 58.9 Å². The molecule has 0 saturated heterocycles. The number of rotatable bonds is 4. The number of aromatic nitrogens is 1. The minimum Gasteiger partial charge on any atom is -0.497 e. The molecule has 3 nitrogen and oxygen atoms in total. The Morgan fingerprint density at radius 2 is 1.84 bits per heavy atom. The first-order valence-corrected chi connectivity index (χ1v) is 6.20. The zero-order valence-corrected chi connectivity index (χ0v) is 11.4. The third-order valence-corrected chi connectivity index (χ3v) is 2.90. The summed E-state index contributed by atoms with van der Waals surface area (Å²) in [5, 5.41) is 0. The Kier molecular flexibility index (Phi) is 3.95. The van der Waals surface area contributed by atoms with Crippen LogP contribution >= 0.6 is 0 Å². The van der Waals surface area contributed by atoms with Crippen LogP contribution in [-0.2, 0) is 6.42 Å². The van der Waals surface area contributed by atoms with Crippen LogP contribution in [0.5, 0.6) is 5.75 Å². The van der Waals surface area contributed by atoms with E-state index in [2.05, 4.69) is 4.98 Å². The number of aryl methyl sites for hydroxylation is 2. The Labute approximate surface area is 113 Å². The highest BCUT2D eigenvalue weighted by Gasteiger charge is 2.09. The molecule has 3 heteroatoms. The molecule has 1 aromatic heterocycles. The van der Waals surface area contributed by atoms with Gasteiger partial charge in [0.1, 0.15) is 5.75 Å². The highest BCUT2D eigenvalue weighted by atomic mass is 16.5. The van der Waals surface area contributed by atoms with Crippen LogP contribution in [0, 0.1) is 13.8 Å². The van der Waals surface area contributed by atoms with Gasteiger partial charge in [-0.05, 0) is 43.7 Å². The van der Waals surface area contributed by atoms with Crippen LogP contribution in [0.4, 0.5) is 0 Å². The molecule has 0 bridgehead atoms. The minimum absolute atomic E-state index is 0.0989. The van der Waals surface area contributed by atoms with Crippen LogP contribution in [0.25, 0.3) is 0 Å². The number of methoxy groups -OCH3 is 1. The lowest BCUT2D eigenvalue weighted by molar-refractivity contribution is 0.0992. The summed E-state index contributed by atoms with van der Waals surface area (Å²) in [4.78, 5) is 16.5. The molecule has 0 atom stereocenters. The maximum absolute atomic E-state index is 12.2. The van der Waals surface area contributed by atoms with Gasteiger partial charge in [-0.15, -0.1) is 0 Å². The van der Waals surface area contributed by atoms with Gasteiger partial charge in [0, 0.05) is 23.4 Å².